The zero-order chi connectivity index (χ0) is 14.8. The van der Waals surface area contributed by atoms with Gasteiger partial charge in [0.15, 0.2) is 5.76 Å². The zero-order valence-corrected chi connectivity index (χ0v) is 12.1. The highest BCUT2D eigenvalue weighted by atomic mass is 16.3. The summed E-state index contributed by atoms with van der Waals surface area (Å²) >= 11 is 0. The third-order valence-electron chi connectivity index (χ3n) is 3.48. The van der Waals surface area contributed by atoms with E-state index in [9.17, 15) is 4.79 Å². The summed E-state index contributed by atoms with van der Waals surface area (Å²) in [5.74, 6) is 0.450. The molecule has 1 heterocycles. The summed E-state index contributed by atoms with van der Waals surface area (Å²) < 4.78 is 5.59. The Morgan fingerprint density at radius 2 is 1.76 bits per heavy atom. The maximum absolute atomic E-state index is 12.4. The van der Waals surface area contributed by atoms with Gasteiger partial charge < -0.3 is 9.73 Å². The summed E-state index contributed by atoms with van der Waals surface area (Å²) in [7, 11) is 0. The van der Waals surface area contributed by atoms with Gasteiger partial charge in [-0.25, -0.2) is 0 Å². The second-order valence-corrected chi connectivity index (χ2v) is 5.34. The van der Waals surface area contributed by atoms with Gasteiger partial charge in [-0.05, 0) is 29.7 Å². The summed E-state index contributed by atoms with van der Waals surface area (Å²) in [6.45, 7) is 4.21. The van der Waals surface area contributed by atoms with E-state index in [2.05, 4.69) is 19.2 Å². The van der Waals surface area contributed by atoms with Gasteiger partial charge in [0.05, 0.1) is 0 Å². The van der Waals surface area contributed by atoms with E-state index in [0.29, 0.717) is 11.7 Å². The predicted octanol–water partition coefficient (Wildman–Crippen LogP) is 4.81. The molecule has 0 saturated heterocycles. The molecule has 0 spiro atoms. The number of hydrogen-bond acceptors (Lipinski definition) is 2. The molecule has 0 aliphatic rings. The number of fused-ring (bicyclic) bond motifs is 1. The lowest BCUT2D eigenvalue weighted by Gasteiger charge is -2.12. The molecule has 0 unspecified atom stereocenters. The van der Waals surface area contributed by atoms with Crippen molar-refractivity contribution in [1.82, 2.24) is 0 Å². The molecule has 0 aliphatic carbocycles. The van der Waals surface area contributed by atoms with E-state index in [1.54, 1.807) is 6.07 Å². The van der Waals surface area contributed by atoms with Crippen molar-refractivity contribution in [2.75, 3.05) is 5.32 Å². The minimum atomic E-state index is -0.223. The van der Waals surface area contributed by atoms with Crippen LogP contribution in [0.2, 0.25) is 0 Å². The first-order valence-corrected chi connectivity index (χ1v) is 7.04. The highest BCUT2D eigenvalue weighted by molar-refractivity contribution is 6.05. The minimum Gasteiger partial charge on any atom is -0.451 e. The normalized spacial score (nSPS) is 11.0. The Kier molecular flexibility index (Phi) is 3.48. The van der Waals surface area contributed by atoms with Gasteiger partial charge in [0.1, 0.15) is 5.58 Å². The number of nitrogens with one attached hydrogen (secondary N) is 1. The van der Waals surface area contributed by atoms with Gasteiger partial charge >= 0.3 is 0 Å². The molecular formula is C18H17NO2. The van der Waals surface area contributed by atoms with Crippen molar-refractivity contribution in [3.05, 3.63) is 65.9 Å². The molecule has 1 amide bonds. The molecule has 3 aromatic rings. The van der Waals surface area contributed by atoms with Crippen molar-refractivity contribution < 1.29 is 9.21 Å². The van der Waals surface area contributed by atoms with Crippen LogP contribution >= 0.6 is 0 Å². The molecule has 3 nitrogen and oxygen atoms in total. The molecule has 2 aromatic carbocycles. The molecule has 0 fully saturated rings. The van der Waals surface area contributed by atoms with Crippen LogP contribution in [0.4, 0.5) is 5.69 Å². The summed E-state index contributed by atoms with van der Waals surface area (Å²) in [4.78, 5) is 12.4. The number of rotatable bonds is 3. The van der Waals surface area contributed by atoms with Crippen LogP contribution in [0.1, 0.15) is 35.9 Å². The molecule has 0 radical (unpaired) electrons. The maximum Gasteiger partial charge on any atom is 0.291 e. The van der Waals surface area contributed by atoms with Crippen LogP contribution in [0.15, 0.2) is 59.0 Å². The number of hydrogen-bond donors (Lipinski definition) is 1. The first kappa shape index (κ1) is 13.4. The van der Waals surface area contributed by atoms with Crippen molar-refractivity contribution in [2.45, 2.75) is 19.8 Å². The molecule has 0 bridgehead atoms. The standard InChI is InChI=1S/C18H17NO2/c1-12(2)14-8-4-5-9-15(14)19-18(20)17-11-13-7-3-6-10-16(13)21-17/h3-12H,1-2H3,(H,19,20). The van der Waals surface area contributed by atoms with E-state index in [0.717, 1.165) is 22.2 Å². The van der Waals surface area contributed by atoms with Crippen LogP contribution in [0.3, 0.4) is 0 Å². The average Bonchev–Trinajstić information content (AvgIpc) is 2.91. The van der Waals surface area contributed by atoms with Crippen LogP contribution in [-0.4, -0.2) is 5.91 Å². The van der Waals surface area contributed by atoms with Gasteiger partial charge in [-0.1, -0.05) is 50.2 Å². The van der Waals surface area contributed by atoms with E-state index in [1.165, 1.54) is 0 Å². The molecule has 3 rings (SSSR count). The average molecular weight is 279 g/mol. The molecule has 106 valence electrons. The van der Waals surface area contributed by atoms with Crippen LogP contribution in [0.5, 0.6) is 0 Å². The Morgan fingerprint density at radius 1 is 1.05 bits per heavy atom. The lowest BCUT2D eigenvalue weighted by atomic mass is 10.0. The number of amides is 1. The van der Waals surface area contributed by atoms with Crippen LogP contribution in [0.25, 0.3) is 11.0 Å². The summed E-state index contributed by atoms with van der Waals surface area (Å²) in [5.41, 5.74) is 2.67. The third kappa shape index (κ3) is 2.68. The minimum absolute atomic E-state index is 0.223. The quantitative estimate of drug-likeness (QED) is 0.747. The number of carbonyl (C=O) groups is 1. The highest BCUT2D eigenvalue weighted by Crippen LogP contribution is 2.25. The van der Waals surface area contributed by atoms with Crippen LogP contribution < -0.4 is 5.32 Å². The Balaban J connectivity index is 1.89. The molecular weight excluding hydrogens is 262 g/mol. The van der Waals surface area contributed by atoms with E-state index >= 15 is 0 Å². The lowest BCUT2D eigenvalue weighted by Crippen LogP contribution is -2.12. The largest absolute Gasteiger partial charge is 0.451 e. The fourth-order valence-electron chi connectivity index (χ4n) is 2.39. The summed E-state index contributed by atoms with van der Waals surface area (Å²) in [6.07, 6.45) is 0. The van der Waals surface area contributed by atoms with Crippen molar-refractivity contribution in [3.63, 3.8) is 0 Å². The highest BCUT2D eigenvalue weighted by Gasteiger charge is 2.14. The van der Waals surface area contributed by atoms with E-state index < -0.39 is 0 Å². The Morgan fingerprint density at radius 3 is 2.52 bits per heavy atom. The van der Waals surface area contributed by atoms with Crippen LogP contribution in [-0.2, 0) is 0 Å². The van der Waals surface area contributed by atoms with E-state index in [4.69, 9.17) is 4.42 Å². The summed E-state index contributed by atoms with van der Waals surface area (Å²) in [6, 6.07) is 17.2. The second kappa shape index (κ2) is 5.44. The second-order valence-electron chi connectivity index (χ2n) is 5.34. The van der Waals surface area contributed by atoms with Gasteiger partial charge in [0.25, 0.3) is 5.91 Å². The molecule has 1 aromatic heterocycles. The Bertz CT molecular complexity index is 754. The van der Waals surface area contributed by atoms with Gasteiger partial charge in [-0.3, -0.25) is 4.79 Å². The van der Waals surface area contributed by atoms with Crippen molar-refractivity contribution in [1.29, 1.82) is 0 Å². The lowest BCUT2D eigenvalue weighted by molar-refractivity contribution is 0.0998. The van der Waals surface area contributed by atoms with Crippen molar-refractivity contribution in [3.8, 4) is 0 Å². The maximum atomic E-state index is 12.4. The first-order valence-electron chi connectivity index (χ1n) is 7.04. The van der Waals surface area contributed by atoms with Crippen molar-refractivity contribution in [2.24, 2.45) is 0 Å². The number of anilines is 1. The third-order valence-corrected chi connectivity index (χ3v) is 3.48. The van der Waals surface area contributed by atoms with Crippen molar-refractivity contribution >= 4 is 22.6 Å². The Hall–Kier alpha value is -2.55. The molecule has 3 heteroatoms. The van der Waals surface area contributed by atoms with Gasteiger partial charge in [0, 0.05) is 11.1 Å². The van der Waals surface area contributed by atoms with E-state index in [1.807, 2.05) is 48.5 Å². The number of carbonyl (C=O) groups excluding carboxylic acids is 1. The molecule has 1 N–H and O–H groups in total. The summed E-state index contributed by atoms with van der Waals surface area (Å²) in [5, 5.41) is 3.87. The van der Waals surface area contributed by atoms with Crippen LogP contribution in [0, 0.1) is 0 Å². The fraction of sp³-hybridized carbons (Fsp3) is 0.167. The topological polar surface area (TPSA) is 42.2 Å². The predicted molar refractivity (Wildman–Crippen MR) is 84.7 cm³/mol. The molecule has 0 saturated carbocycles. The van der Waals surface area contributed by atoms with Gasteiger partial charge in [0.2, 0.25) is 0 Å². The molecule has 21 heavy (non-hydrogen) atoms. The molecule has 0 atom stereocenters. The SMILES string of the molecule is CC(C)c1ccccc1NC(=O)c1cc2ccccc2o1. The number of furan rings is 1. The first-order chi connectivity index (χ1) is 10.1. The smallest absolute Gasteiger partial charge is 0.291 e. The van der Waals surface area contributed by atoms with Gasteiger partial charge in [-0.15, -0.1) is 0 Å². The van der Waals surface area contributed by atoms with Gasteiger partial charge in [-0.2, -0.15) is 0 Å². The number of para-hydroxylation sites is 2. The number of benzene rings is 2. The fourth-order valence-corrected chi connectivity index (χ4v) is 2.39. The monoisotopic (exact) mass is 279 g/mol. The Labute approximate surface area is 123 Å². The molecule has 0 aliphatic heterocycles. The zero-order valence-electron chi connectivity index (χ0n) is 12.1. The van der Waals surface area contributed by atoms with E-state index in [-0.39, 0.29) is 5.91 Å².